The predicted molar refractivity (Wildman–Crippen MR) is 241 cm³/mol. The van der Waals surface area contributed by atoms with Gasteiger partial charge in [0.1, 0.15) is 11.5 Å². The minimum atomic E-state index is 0.383. The lowest BCUT2D eigenvalue weighted by Crippen LogP contribution is -2.00. The lowest BCUT2D eigenvalue weighted by Gasteiger charge is -2.11. The number of rotatable bonds is 5. The van der Waals surface area contributed by atoms with Crippen molar-refractivity contribution in [2.24, 2.45) is 0 Å². The number of oxazole rings is 1. The largest absolute Gasteiger partial charge is 0.432 e. The summed E-state index contributed by atoms with van der Waals surface area (Å²) in [6, 6.07) is 61.1. The van der Waals surface area contributed by atoms with E-state index in [1.165, 1.54) is 21.5 Å². The molecule has 0 N–H and O–H groups in total. The van der Waals surface area contributed by atoms with Crippen LogP contribution in [-0.4, -0.2) is 33.6 Å². The molecule has 280 valence electrons. The Morgan fingerprint density at radius 3 is 1.15 bits per heavy atom. The Morgan fingerprint density at radius 2 is 0.750 bits per heavy atom. The standard InChI is InChI=1S/C52H31N7O/c1-7-19-43-34(13-1)35-14-2-8-20-44(35)57(43)32-25-27-41(53-30-32)40-29-49(59-47-23-11-5-17-38(47)39-18-6-12-24-48(39)59)55-51-50(40)60-52(56-51)42-28-26-33(31-54-42)58-45-21-9-3-15-36(45)37-16-4-10-22-46(37)58/h1-31H. The highest BCUT2D eigenvalue weighted by Gasteiger charge is 2.22. The van der Waals surface area contributed by atoms with Crippen LogP contribution in [0.5, 0.6) is 0 Å². The molecule has 0 aliphatic carbocycles. The number of para-hydroxylation sites is 6. The van der Waals surface area contributed by atoms with Gasteiger partial charge in [-0.1, -0.05) is 109 Å². The van der Waals surface area contributed by atoms with E-state index in [9.17, 15) is 0 Å². The molecule has 13 aromatic rings. The summed E-state index contributed by atoms with van der Waals surface area (Å²) in [5, 5.41) is 7.11. The summed E-state index contributed by atoms with van der Waals surface area (Å²) < 4.78 is 13.4. The van der Waals surface area contributed by atoms with Gasteiger partial charge in [0.05, 0.1) is 68.1 Å². The second-order valence-corrected chi connectivity index (χ2v) is 15.1. The van der Waals surface area contributed by atoms with Crippen LogP contribution in [0.2, 0.25) is 0 Å². The minimum Gasteiger partial charge on any atom is -0.432 e. The highest BCUT2D eigenvalue weighted by Crippen LogP contribution is 2.38. The van der Waals surface area contributed by atoms with Crippen LogP contribution >= 0.6 is 0 Å². The molecule has 0 fully saturated rings. The predicted octanol–water partition coefficient (Wildman–Crippen LogP) is 12.6. The van der Waals surface area contributed by atoms with Gasteiger partial charge in [-0.2, -0.15) is 4.98 Å². The van der Waals surface area contributed by atoms with E-state index in [1.807, 2.05) is 18.5 Å². The number of aromatic nitrogens is 7. The van der Waals surface area contributed by atoms with Gasteiger partial charge in [0.2, 0.25) is 11.5 Å². The summed E-state index contributed by atoms with van der Waals surface area (Å²) >= 11 is 0. The van der Waals surface area contributed by atoms with Crippen molar-refractivity contribution in [3.05, 3.63) is 188 Å². The second-order valence-electron chi connectivity index (χ2n) is 15.1. The van der Waals surface area contributed by atoms with Gasteiger partial charge in [-0.15, -0.1) is 0 Å². The van der Waals surface area contributed by atoms with Crippen LogP contribution in [0.3, 0.4) is 0 Å². The Hall–Kier alpha value is -8.36. The van der Waals surface area contributed by atoms with Crippen molar-refractivity contribution < 1.29 is 4.42 Å². The van der Waals surface area contributed by atoms with Crippen LogP contribution in [0.1, 0.15) is 0 Å². The first-order valence-electron chi connectivity index (χ1n) is 20.0. The fraction of sp³-hybridized carbons (Fsp3) is 0. The summed E-state index contributed by atoms with van der Waals surface area (Å²) in [6.07, 6.45) is 3.82. The van der Waals surface area contributed by atoms with Crippen molar-refractivity contribution >= 4 is 76.6 Å². The van der Waals surface area contributed by atoms with E-state index < -0.39 is 0 Å². The van der Waals surface area contributed by atoms with Crippen LogP contribution in [0, 0.1) is 0 Å². The van der Waals surface area contributed by atoms with E-state index in [-0.39, 0.29) is 0 Å². The van der Waals surface area contributed by atoms with E-state index >= 15 is 0 Å². The monoisotopic (exact) mass is 769 g/mol. The Bertz CT molecular complexity index is 3670. The number of benzene rings is 6. The fourth-order valence-electron chi connectivity index (χ4n) is 9.21. The fourth-order valence-corrected chi connectivity index (χ4v) is 9.21. The van der Waals surface area contributed by atoms with E-state index in [2.05, 4.69) is 184 Å². The zero-order valence-corrected chi connectivity index (χ0v) is 31.9. The van der Waals surface area contributed by atoms with Crippen LogP contribution in [-0.2, 0) is 0 Å². The van der Waals surface area contributed by atoms with Crippen LogP contribution < -0.4 is 0 Å². The molecule has 0 bridgehead atoms. The molecule has 0 amide bonds. The average Bonchev–Trinajstić information content (AvgIpc) is 4.07. The van der Waals surface area contributed by atoms with Gasteiger partial charge in [0.25, 0.3) is 0 Å². The molecular weight excluding hydrogens is 739 g/mol. The molecule has 0 aliphatic heterocycles. The van der Waals surface area contributed by atoms with Gasteiger partial charge >= 0.3 is 0 Å². The Labute approximate surface area is 341 Å². The van der Waals surface area contributed by atoms with Gasteiger partial charge in [0, 0.05) is 32.3 Å². The smallest absolute Gasteiger partial charge is 0.247 e. The summed E-state index contributed by atoms with van der Waals surface area (Å²) in [6.45, 7) is 0. The molecule has 60 heavy (non-hydrogen) atoms. The van der Waals surface area contributed by atoms with E-state index in [1.54, 1.807) is 0 Å². The molecule has 0 aliphatic rings. The topological polar surface area (TPSA) is 79.5 Å². The highest BCUT2D eigenvalue weighted by molar-refractivity contribution is 6.11. The Morgan fingerprint density at radius 1 is 0.367 bits per heavy atom. The first-order valence-corrected chi connectivity index (χ1v) is 20.0. The molecule has 0 spiro atoms. The van der Waals surface area contributed by atoms with Crippen LogP contribution in [0.4, 0.5) is 0 Å². The third kappa shape index (κ3) is 4.73. The van der Waals surface area contributed by atoms with Gasteiger partial charge < -0.3 is 13.6 Å². The SMILES string of the molecule is c1ccc2c(c1)c1ccccc1n2-c1ccc(-c2nc3nc(-n4c5ccccc5c5ccccc54)cc(-c4ccc(-n5c6ccccc6c6ccccc65)cn4)c3o2)nc1. The number of pyridine rings is 3. The number of fused-ring (bicyclic) bond motifs is 10. The number of nitrogens with zero attached hydrogens (tertiary/aromatic N) is 7. The molecular formula is C52H31N7O. The maximum atomic E-state index is 6.68. The molecule has 13 rings (SSSR count). The van der Waals surface area contributed by atoms with E-state index in [0.29, 0.717) is 22.8 Å². The summed E-state index contributed by atoms with van der Waals surface area (Å²) in [5.41, 5.74) is 11.7. The third-order valence-electron chi connectivity index (χ3n) is 11.8. The summed E-state index contributed by atoms with van der Waals surface area (Å²) in [5.74, 6) is 1.10. The summed E-state index contributed by atoms with van der Waals surface area (Å²) in [4.78, 5) is 20.3. The molecule has 0 saturated heterocycles. The quantitative estimate of drug-likeness (QED) is 0.174. The first kappa shape index (κ1) is 32.7. The van der Waals surface area contributed by atoms with Crippen LogP contribution in [0.25, 0.3) is 117 Å². The first-order chi connectivity index (χ1) is 29.8. The Kier molecular flexibility index (Phi) is 6.85. The van der Waals surface area contributed by atoms with Crippen molar-refractivity contribution in [1.82, 2.24) is 33.6 Å². The van der Waals surface area contributed by atoms with Gasteiger partial charge in [-0.25, -0.2) is 9.97 Å². The molecule has 0 unspecified atom stereocenters. The molecule has 0 atom stereocenters. The van der Waals surface area contributed by atoms with Gasteiger partial charge in [-0.05, 0) is 66.7 Å². The molecule has 0 radical (unpaired) electrons. The summed E-state index contributed by atoms with van der Waals surface area (Å²) in [7, 11) is 0. The second kappa shape index (κ2) is 12.6. The third-order valence-corrected chi connectivity index (χ3v) is 11.8. The van der Waals surface area contributed by atoms with Gasteiger partial charge in [-0.3, -0.25) is 9.55 Å². The molecule has 8 nitrogen and oxygen atoms in total. The zero-order chi connectivity index (χ0) is 39.3. The normalized spacial score (nSPS) is 12.0. The minimum absolute atomic E-state index is 0.383. The van der Waals surface area contributed by atoms with E-state index in [4.69, 9.17) is 24.4 Å². The van der Waals surface area contributed by atoms with Gasteiger partial charge in [0.15, 0.2) is 5.58 Å². The molecule has 6 aromatic carbocycles. The van der Waals surface area contributed by atoms with Crippen molar-refractivity contribution in [1.29, 1.82) is 0 Å². The maximum Gasteiger partial charge on any atom is 0.247 e. The van der Waals surface area contributed by atoms with E-state index in [0.717, 1.165) is 72.3 Å². The maximum absolute atomic E-state index is 6.68. The zero-order valence-electron chi connectivity index (χ0n) is 31.9. The lowest BCUT2D eigenvalue weighted by molar-refractivity contribution is 0.617. The lowest BCUT2D eigenvalue weighted by atomic mass is 10.1. The number of hydrogen-bond acceptors (Lipinski definition) is 5. The molecule has 7 heterocycles. The van der Waals surface area contributed by atoms with Crippen molar-refractivity contribution in [2.45, 2.75) is 0 Å². The van der Waals surface area contributed by atoms with Crippen molar-refractivity contribution in [2.75, 3.05) is 0 Å². The number of hydrogen-bond donors (Lipinski definition) is 0. The van der Waals surface area contributed by atoms with Crippen LogP contribution in [0.15, 0.2) is 193 Å². The molecule has 0 saturated carbocycles. The average molecular weight is 770 g/mol. The Balaban J connectivity index is 0.985. The van der Waals surface area contributed by atoms with Crippen molar-refractivity contribution in [3.8, 4) is 40.0 Å². The molecule has 8 heteroatoms. The molecule has 7 aromatic heterocycles. The van der Waals surface area contributed by atoms with Crippen molar-refractivity contribution in [3.63, 3.8) is 0 Å². The highest BCUT2D eigenvalue weighted by atomic mass is 16.3.